The van der Waals surface area contributed by atoms with Crippen LogP contribution in [0.5, 0.6) is 11.5 Å². The lowest BCUT2D eigenvalue weighted by atomic mass is 10.1. The molecule has 0 saturated carbocycles. The third kappa shape index (κ3) is 3.22. The van der Waals surface area contributed by atoms with Gasteiger partial charge in [-0.1, -0.05) is 0 Å². The van der Waals surface area contributed by atoms with Gasteiger partial charge in [0, 0.05) is 6.42 Å². The van der Waals surface area contributed by atoms with E-state index in [-0.39, 0.29) is 18.6 Å². The number of carbonyl (C=O) groups excluding carboxylic acids is 1. The zero-order valence-corrected chi connectivity index (χ0v) is 11.6. The molecule has 98 valence electrons. The highest BCUT2D eigenvalue weighted by Crippen LogP contribution is 2.37. The molecule has 18 heavy (non-hydrogen) atoms. The lowest BCUT2D eigenvalue weighted by Gasteiger charge is -2.12. The van der Waals surface area contributed by atoms with E-state index in [1.807, 2.05) is 0 Å². The Morgan fingerprint density at radius 2 is 1.89 bits per heavy atom. The van der Waals surface area contributed by atoms with Crippen LogP contribution in [0.4, 0.5) is 0 Å². The monoisotopic (exact) mass is 316 g/mol. The fourth-order valence-electron chi connectivity index (χ4n) is 1.47. The number of hydrogen-bond donors (Lipinski definition) is 1. The molecule has 0 heterocycles. The topological polar surface area (TPSA) is 72.8 Å². The second kappa shape index (κ2) is 6.39. The Kier molecular flexibility index (Phi) is 5.15. The van der Waals surface area contributed by atoms with Gasteiger partial charge in [0.2, 0.25) is 0 Å². The Labute approximate surface area is 113 Å². The van der Waals surface area contributed by atoms with Crippen molar-refractivity contribution in [2.45, 2.75) is 12.8 Å². The molecule has 0 amide bonds. The first-order valence-corrected chi connectivity index (χ1v) is 5.96. The number of aliphatic carboxylic acids is 1. The normalized spacial score (nSPS) is 9.94. The molecule has 0 atom stereocenters. The third-order valence-electron chi connectivity index (χ3n) is 2.35. The molecule has 0 bridgehead atoms. The molecule has 1 aromatic carbocycles. The molecule has 0 aromatic heterocycles. The van der Waals surface area contributed by atoms with Crippen LogP contribution in [0, 0.1) is 0 Å². The molecule has 1 aromatic rings. The Bertz CT molecular complexity index is 470. The molecular formula is C12H13BrO5. The minimum Gasteiger partial charge on any atom is -0.495 e. The highest BCUT2D eigenvalue weighted by molar-refractivity contribution is 9.10. The number of halogens is 1. The number of carboxylic acid groups (broad SMARTS) is 1. The van der Waals surface area contributed by atoms with Gasteiger partial charge in [0.1, 0.15) is 16.0 Å². The SMILES string of the molecule is COc1ccc(C(=O)CCC(=O)O)c(OC)c1Br. The first-order chi connectivity index (χ1) is 8.51. The van der Waals surface area contributed by atoms with Crippen molar-refractivity contribution in [3.8, 4) is 11.5 Å². The Morgan fingerprint density at radius 3 is 2.39 bits per heavy atom. The van der Waals surface area contributed by atoms with Gasteiger partial charge in [-0.3, -0.25) is 9.59 Å². The van der Waals surface area contributed by atoms with Crippen molar-refractivity contribution in [2.24, 2.45) is 0 Å². The smallest absolute Gasteiger partial charge is 0.303 e. The van der Waals surface area contributed by atoms with Gasteiger partial charge >= 0.3 is 5.97 Å². The summed E-state index contributed by atoms with van der Waals surface area (Å²) in [4.78, 5) is 22.3. The van der Waals surface area contributed by atoms with E-state index in [0.717, 1.165) is 0 Å². The average Bonchev–Trinajstić information content (AvgIpc) is 2.35. The van der Waals surface area contributed by atoms with Crippen LogP contribution in [0.25, 0.3) is 0 Å². The summed E-state index contributed by atoms with van der Waals surface area (Å²) in [6, 6.07) is 3.19. The molecule has 0 unspecified atom stereocenters. The molecule has 0 aliphatic heterocycles. The molecule has 0 fully saturated rings. The fraction of sp³-hybridized carbons (Fsp3) is 0.333. The molecule has 6 heteroatoms. The number of benzene rings is 1. The Hall–Kier alpha value is -1.56. The number of Topliss-reactive ketones (excluding diaryl/α,β-unsaturated/α-hetero) is 1. The van der Waals surface area contributed by atoms with Crippen LogP contribution in [0.1, 0.15) is 23.2 Å². The number of ether oxygens (including phenoxy) is 2. The summed E-state index contributed by atoms with van der Waals surface area (Å²) in [5.74, 6) is -0.390. The van der Waals surface area contributed by atoms with Crippen LogP contribution in [0.15, 0.2) is 16.6 Å². The van der Waals surface area contributed by atoms with E-state index in [1.165, 1.54) is 14.2 Å². The van der Waals surface area contributed by atoms with Crippen molar-refractivity contribution in [1.29, 1.82) is 0 Å². The molecule has 0 aliphatic rings. The van der Waals surface area contributed by atoms with Crippen LogP contribution in [-0.4, -0.2) is 31.1 Å². The Morgan fingerprint density at radius 1 is 1.22 bits per heavy atom. The molecule has 5 nitrogen and oxygen atoms in total. The van der Waals surface area contributed by atoms with Crippen LogP contribution < -0.4 is 9.47 Å². The van der Waals surface area contributed by atoms with E-state index in [9.17, 15) is 9.59 Å². The van der Waals surface area contributed by atoms with Crippen LogP contribution >= 0.6 is 15.9 Å². The molecule has 0 aliphatic carbocycles. The van der Waals surface area contributed by atoms with Crippen molar-refractivity contribution < 1.29 is 24.2 Å². The van der Waals surface area contributed by atoms with E-state index in [1.54, 1.807) is 12.1 Å². The molecular weight excluding hydrogens is 304 g/mol. The second-order valence-corrected chi connectivity index (χ2v) is 4.27. The quantitative estimate of drug-likeness (QED) is 0.816. The Balaban J connectivity index is 3.05. The van der Waals surface area contributed by atoms with Crippen LogP contribution in [0.3, 0.4) is 0 Å². The second-order valence-electron chi connectivity index (χ2n) is 3.48. The maximum atomic E-state index is 11.9. The summed E-state index contributed by atoms with van der Waals surface area (Å²) in [5.41, 5.74) is 0.339. The lowest BCUT2D eigenvalue weighted by Crippen LogP contribution is -2.06. The molecule has 0 spiro atoms. The number of hydrogen-bond acceptors (Lipinski definition) is 4. The first kappa shape index (κ1) is 14.5. The summed E-state index contributed by atoms with van der Waals surface area (Å²) in [6.07, 6.45) is -0.268. The van der Waals surface area contributed by atoms with Gasteiger partial charge in [0.15, 0.2) is 5.78 Å². The summed E-state index contributed by atoms with van der Waals surface area (Å²) in [5, 5.41) is 8.56. The number of rotatable bonds is 6. The minimum atomic E-state index is -1.00. The van der Waals surface area contributed by atoms with Gasteiger partial charge in [-0.25, -0.2) is 0 Å². The molecule has 0 radical (unpaired) electrons. The predicted molar refractivity (Wildman–Crippen MR) is 68.4 cm³/mol. The number of carbonyl (C=O) groups is 2. The summed E-state index contributed by atoms with van der Waals surface area (Å²) in [6.45, 7) is 0. The van der Waals surface area contributed by atoms with E-state index in [0.29, 0.717) is 21.5 Å². The van der Waals surface area contributed by atoms with Crippen molar-refractivity contribution in [3.05, 3.63) is 22.2 Å². The highest BCUT2D eigenvalue weighted by atomic mass is 79.9. The summed E-state index contributed by atoms with van der Waals surface area (Å²) < 4.78 is 10.8. The number of methoxy groups -OCH3 is 2. The largest absolute Gasteiger partial charge is 0.495 e. The molecule has 1 rings (SSSR count). The zero-order valence-electron chi connectivity index (χ0n) is 10.0. The van der Waals surface area contributed by atoms with Gasteiger partial charge < -0.3 is 14.6 Å². The van der Waals surface area contributed by atoms with Gasteiger partial charge in [-0.05, 0) is 28.1 Å². The first-order valence-electron chi connectivity index (χ1n) is 5.16. The highest BCUT2D eigenvalue weighted by Gasteiger charge is 2.18. The molecule has 0 saturated heterocycles. The lowest BCUT2D eigenvalue weighted by molar-refractivity contribution is -0.136. The van der Waals surface area contributed by atoms with Gasteiger partial charge in [0.25, 0.3) is 0 Å². The maximum Gasteiger partial charge on any atom is 0.303 e. The molecule has 1 N–H and O–H groups in total. The number of carboxylic acids is 1. The van der Waals surface area contributed by atoms with E-state index in [4.69, 9.17) is 14.6 Å². The summed E-state index contributed by atoms with van der Waals surface area (Å²) >= 11 is 3.28. The van der Waals surface area contributed by atoms with E-state index in [2.05, 4.69) is 15.9 Å². The van der Waals surface area contributed by atoms with Crippen LogP contribution in [0.2, 0.25) is 0 Å². The van der Waals surface area contributed by atoms with E-state index < -0.39 is 5.97 Å². The zero-order chi connectivity index (χ0) is 13.7. The predicted octanol–water partition coefficient (Wildman–Crippen LogP) is 2.51. The van der Waals surface area contributed by atoms with Gasteiger partial charge in [-0.15, -0.1) is 0 Å². The van der Waals surface area contributed by atoms with Crippen molar-refractivity contribution >= 4 is 27.7 Å². The van der Waals surface area contributed by atoms with Gasteiger partial charge in [0.05, 0.1) is 26.2 Å². The number of ketones is 1. The fourth-order valence-corrected chi connectivity index (χ4v) is 2.14. The van der Waals surface area contributed by atoms with Crippen LogP contribution in [-0.2, 0) is 4.79 Å². The van der Waals surface area contributed by atoms with Gasteiger partial charge in [-0.2, -0.15) is 0 Å². The maximum absolute atomic E-state index is 11.9. The van der Waals surface area contributed by atoms with Crippen molar-refractivity contribution in [2.75, 3.05) is 14.2 Å². The standard InChI is InChI=1S/C12H13BrO5/c1-17-9-5-3-7(12(18-2)11(9)13)8(14)4-6-10(15)16/h3,5H,4,6H2,1-2H3,(H,15,16). The van der Waals surface area contributed by atoms with Crippen molar-refractivity contribution in [1.82, 2.24) is 0 Å². The third-order valence-corrected chi connectivity index (χ3v) is 3.10. The van der Waals surface area contributed by atoms with Crippen molar-refractivity contribution in [3.63, 3.8) is 0 Å². The minimum absolute atomic E-state index is 0.0650. The average molecular weight is 317 g/mol. The summed E-state index contributed by atoms with van der Waals surface area (Å²) in [7, 11) is 2.94. The van der Waals surface area contributed by atoms with E-state index >= 15 is 0 Å².